The summed E-state index contributed by atoms with van der Waals surface area (Å²) in [6.07, 6.45) is 0.142. The van der Waals surface area contributed by atoms with Crippen LogP contribution in [0.25, 0.3) is 0 Å². The van der Waals surface area contributed by atoms with Gasteiger partial charge in [0.1, 0.15) is 10.6 Å². The molecule has 9 nitrogen and oxygen atoms in total. The number of morpholine rings is 1. The van der Waals surface area contributed by atoms with Crippen molar-refractivity contribution in [2.75, 3.05) is 45.3 Å². The maximum atomic E-state index is 13.1. The standard InChI is InChI=1S/C22H26N2O7S/c1-3-31-21(25)14-16-4-7-18(8-5-16)23-22(26)17-6-9-19(29-2)20(15-17)32(27,28)24-10-12-30-13-11-24/h4-9,15H,3,10-14H2,1-2H3,(H,23,26). The van der Waals surface area contributed by atoms with Gasteiger partial charge in [-0.05, 0) is 42.8 Å². The molecule has 1 N–H and O–H groups in total. The lowest BCUT2D eigenvalue weighted by Gasteiger charge is -2.26. The van der Waals surface area contributed by atoms with Crippen LogP contribution in [0.2, 0.25) is 0 Å². The normalized spacial score (nSPS) is 14.6. The van der Waals surface area contributed by atoms with Crippen LogP contribution in [0.1, 0.15) is 22.8 Å². The fraction of sp³-hybridized carbons (Fsp3) is 0.364. The number of sulfonamides is 1. The van der Waals surface area contributed by atoms with Gasteiger partial charge in [0.05, 0.1) is 33.4 Å². The molecule has 1 saturated heterocycles. The molecule has 3 rings (SSSR count). The third-order valence-corrected chi connectivity index (χ3v) is 6.80. The fourth-order valence-corrected chi connectivity index (χ4v) is 4.82. The molecule has 1 amide bonds. The molecule has 2 aromatic carbocycles. The monoisotopic (exact) mass is 462 g/mol. The number of esters is 1. The van der Waals surface area contributed by atoms with Crippen LogP contribution in [-0.2, 0) is 30.7 Å². The molecule has 0 atom stereocenters. The summed E-state index contributed by atoms with van der Waals surface area (Å²) in [7, 11) is -2.47. The molecular weight excluding hydrogens is 436 g/mol. The number of amides is 1. The van der Waals surface area contributed by atoms with Crippen molar-refractivity contribution in [1.82, 2.24) is 4.31 Å². The van der Waals surface area contributed by atoms with Gasteiger partial charge in [-0.25, -0.2) is 8.42 Å². The molecule has 32 heavy (non-hydrogen) atoms. The van der Waals surface area contributed by atoms with Gasteiger partial charge in [-0.1, -0.05) is 12.1 Å². The van der Waals surface area contributed by atoms with Gasteiger partial charge in [-0.3, -0.25) is 9.59 Å². The summed E-state index contributed by atoms with van der Waals surface area (Å²) >= 11 is 0. The lowest BCUT2D eigenvalue weighted by molar-refractivity contribution is -0.142. The van der Waals surface area contributed by atoms with E-state index in [0.29, 0.717) is 25.5 Å². The minimum Gasteiger partial charge on any atom is -0.495 e. The van der Waals surface area contributed by atoms with Crippen LogP contribution in [0.5, 0.6) is 5.75 Å². The van der Waals surface area contributed by atoms with E-state index in [2.05, 4.69) is 5.32 Å². The molecule has 0 radical (unpaired) electrons. The Kier molecular flexibility index (Phi) is 7.84. The van der Waals surface area contributed by atoms with Crippen LogP contribution in [0.4, 0.5) is 5.69 Å². The predicted molar refractivity (Wildman–Crippen MR) is 117 cm³/mol. The van der Waals surface area contributed by atoms with Gasteiger partial charge >= 0.3 is 5.97 Å². The predicted octanol–water partition coefficient (Wildman–Crippen LogP) is 2.07. The SMILES string of the molecule is CCOC(=O)Cc1ccc(NC(=O)c2ccc(OC)c(S(=O)(=O)N3CCOCC3)c2)cc1. The molecule has 172 valence electrons. The summed E-state index contributed by atoms with van der Waals surface area (Å²) in [4.78, 5) is 24.3. The van der Waals surface area contributed by atoms with E-state index >= 15 is 0 Å². The quantitative estimate of drug-likeness (QED) is 0.598. The van der Waals surface area contributed by atoms with Crippen LogP contribution in [-0.4, -0.2) is 64.6 Å². The Bertz CT molecular complexity index is 1060. The van der Waals surface area contributed by atoms with E-state index in [1.54, 1.807) is 31.2 Å². The first-order valence-corrected chi connectivity index (χ1v) is 11.6. The van der Waals surface area contributed by atoms with Gasteiger partial charge in [0.15, 0.2) is 0 Å². The van der Waals surface area contributed by atoms with Crippen molar-refractivity contribution in [2.45, 2.75) is 18.2 Å². The van der Waals surface area contributed by atoms with Gasteiger partial charge in [0, 0.05) is 24.3 Å². The number of carbonyl (C=O) groups is 2. The summed E-state index contributed by atoms with van der Waals surface area (Å²) in [5.41, 5.74) is 1.44. The Morgan fingerprint density at radius 3 is 2.41 bits per heavy atom. The number of nitrogens with zero attached hydrogens (tertiary/aromatic N) is 1. The zero-order valence-corrected chi connectivity index (χ0v) is 18.8. The molecular formula is C22H26N2O7S. The van der Waals surface area contributed by atoms with Gasteiger partial charge < -0.3 is 19.5 Å². The highest BCUT2D eigenvalue weighted by Crippen LogP contribution is 2.28. The number of carbonyl (C=O) groups excluding carboxylic acids is 2. The molecule has 0 aliphatic carbocycles. The second kappa shape index (κ2) is 10.6. The first-order valence-electron chi connectivity index (χ1n) is 10.2. The van der Waals surface area contributed by atoms with Crippen molar-refractivity contribution < 1.29 is 32.2 Å². The summed E-state index contributed by atoms with van der Waals surface area (Å²) < 4.78 is 42.9. The zero-order chi connectivity index (χ0) is 23.1. The molecule has 0 aromatic heterocycles. The van der Waals surface area contributed by atoms with Gasteiger partial charge in [0.2, 0.25) is 10.0 Å². The lowest BCUT2D eigenvalue weighted by Crippen LogP contribution is -2.40. The van der Waals surface area contributed by atoms with Crippen molar-refractivity contribution in [2.24, 2.45) is 0 Å². The van der Waals surface area contributed by atoms with Crippen molar-refractivity contribution in [1.29, 1.82) is 0 Å². The third kappa shape index (κ3) is 5.64. The maximum Gasteiger partial charge on any atom is 0.310 e. The Labute approximate surface area is 187 Å². The summed E-state index contributed by atoms with van der Waals surface area (Å²) in [5.74, 6) is -0.628. The molecule has 1 fully saturated rings. The number of benzene rings is 2. The van der Waals surface area contributed by atoms with Crippen molar-refractivity contribution in [3.63, 3.8) is 0 Å². The van der Waals surface area contributed by atoms with Crippen molar-refractivity contribution in [3.8, 4) is 5.75 Å². The number of nitrogens with one attached hydrogen (secondary N) is 1. The van der Waals surface area contributed by atoms with Crippen LogP contribution >= 0.6 is 0 Å². The Morgan fingerprint density at radius 2 is 1.78 bits per heavy atom. The molecule has 10 heteroatoms. The van der Waals surface area contributed by atoms with E-state index in [1.807, 2.05) is 0 Å². The highest BCUT2D eigenvalue weighted by Gasteiger charge is 2.30. The first-order chi connectivity index (χ1) is 15.3. The fourth-order valence-electron chi connectivity index (χ4n) is 3.23. The second-order valence-corrected chi connectivity index (χ2v) is 8.92. The van der Waals surface area contributed by atoms with Crippen molar-refractivity contribution in [3.05, 3.63) is 53.6 Å². The summed E-state index contributed by atoms with van der Waals surface area (Å²) in [6, 6.07) is 11.0. The average Bonchev–Trinajstić information content (AvgIpc) is 2.80. The molecule has 0 unspecified atom stereocenters. The van der Waals surface area contributed by atoms with E-state index < -0.39 is 15.9 Å². The van der Waals surface area contributed by atoms with Crippen molar-refractivity contribution >= 4 is 27.6 Å². The molecule has 1 aliphatic rings. The van der Waals surface area contributed by atoms with E-state index in [4.69, 9.17) is 14.2 Å². The van der Waals surface area contributed by atoms with E-state index in [-0.39, 0.29) is 41.7 Å². The third-order valence-electron chi connectivity index (χ3n) is 4.88. The maximum absolute atomic E-state index is 13.1. The van der Waals surface area contributed by atoms with Gasteiger partial charge in [0.25, 0.3) is 5.91 Å². The number of ether oxygens (including phenoxy) is 3. The van der Waals surface area contributed by atoms with E-state index in [9.17, 15) is 18.0 Å². The number of hydrogen-bond acceptors (Lipinski definition) is 7. The van der Waals surface area contributed by atoms with Crippen LogP contribution in [0.3, 0.4) is 0 Å². The van der Waals surface area contributed by atoms with E-state index in [0.717, 1.165) is 5.56 Å². The van der Waals surface area contributed by atoms with Gasteiger partial charge in [-0.15, -0.1) is 0 Å². The topological polar surface area (TPSA) is 111 Å². The molecule has 1 aliphatic heterocycles. The highest BCUT2D eigenvalue weighted by atomic mass is 32.2. The second-order valence-electron chi connectivity index (χ2n) is 7.01. The Balaban J connectivity index is 1.77. The average molecular weight is 463 g/mol. The van der Waals surface area contributed by atoms with Crippen LogP contribution in [0.15, 0.2) is 47.4 Å². The van der Waals surface area contributed by atoms with Crippen LogP contribution < -0.4 is 10.1 Å². The first kappa shape index (κ1) is 23.7. The molecule has 1 heterocycles. The highest BCUT2D eigenvalue weighted by molar-refractivity contribution is 7.89. The Hall–Kier alpha value is -2.95. The number of rotatable bonds is 8. The minimum atomic E-state index is -3.85. The Morgan fingerprint density at radius 1 is 1.09 bits per heavy atom. The number of methoxy groups -OCH3 is 1. The molecule has 0 saturated carbocycles. The smallest absolute Gasteiger partial charge is 0.310 e. The summed E-state index contributed by atoms with van der Waals surface area (Å²) in [5, 5.41) is 2.74. The van der Waals surface area contributed by atoms with E-state index in [1.165, 1.54) is 29.6 Å². The molecule has 2 aromatic rings. The molecule has 0 spiro atoms. The zero-order valence-electron chi connectivity index (χ0n) is 18.0. The molecule has 0 bridgehead atoms. The van der Waals surface area contributed by atoms with Gasteiger partial charge in [-0.2, -0.15) is 4.31 Å². The van der Waals surface area contributed by atoms with Crippen LogP contribution in [0, 0.1) is 0 Å². The minimum absolute atomic E-state index is 0.0701. The largest absolute Gasteiger partial charge is 0.495 e. The number of anilines is 1. The lowest BCUT2D eigenvalue weighted by atomic mass is 10.1. The number of hydrogen-bond donors (Lipinski definition) is 1. The summed E-state index contributed by atoms with van der Waals surface area (Å²) in [6.45, 7) is 3.16.